The van der Waals surface area contributed by atoms with Gasteiger partial charge in [-0.3, -0.25) is 0 Å². The summed E-state index contributed by atoms with van der Waals surface area (Å²) in [5.74, 6) is 0. The van der Waals surface area contributed by atoms with Crippen LogP contribution in [0.2, 0.25) is 0 Å². The molecule has 6 rings (SSSR count). The monoisotopic (exact) mass is 514 g/mol. The predicted molar refractivity (Wildman–Crippen MR) is 177 cm³/mol. The van der Waals surface area contributed by atoms with Gasteiger partial charge in [0.2, 0.25) is 0 Å². The molecule has 0 radical (unpaired) electrons. The van der Waals surface area contributed by atoms with E-state index in [1.165, 1.54) is 71.3 Å². The fourth-order valence-corrected chi connectivity index (χ4v) is 5.82. The Morgan fingerprint density at radius 3 is 1.85 bits per heavy atom. The van der Waals surface area contributed by atoms with E-state index in [1.54, 1.807) is 0 Å². The van der Waals surface area contributed by atoms with Crippen molar-refractivity contribution in [2.75, 3.05) is 0 Å². The van der Waals surface area contributed by atoms with Crippen molar-refractivity contribution in [2.24, 2.45) is 0 Å². The first-order valence-corrected chi connectivity index (χ1v) is 14.2. The molecule has 6 aromatic rings. The highest BCUT2D eigenvalue weighted by atomic mass is 14.2. The van der Waals surface area contributed by atoms with E-state index in [1.807, 2.05) is 0 Å². The maximum absolute atomic E-state index is 2.36. The lowest BCUT2D eigenvalue weighted by Crippen LogP contribution is -1.92. The molecule has 0 nitrogen and oxygen atoms in total. The van der Waals surface area contributed by atoms with Crippen LogP contribution in [0.4, 0.5) is 0 Å². The van der Waals surface area contributed by atoms with E-state index in [0.29, 0.717) is 0 Å². The summed E-state index contributed by atoms with van der Waals surface area (Å²) in [6.45, 7) is 6.49. The summed E-state index contributed by atoms with van der Waals surface area (Å²) in [6, 6.07) is 42.3. The van der Waals surface area contributed by atoms with Crippen molar-refractivity contribution in [3.63, 3.8) is 0 Å². The van der Waals surface area contributed by atoms with Crippen molar-refractivity contribution in [2.45, 2.75) is 27.2 Å². The van der Waals surface area contributed by atoms with Crippen LogP contribution in [0.5, 0.6) is 0 Å². The smallest absolute Gasteiger partial charge is 0.00201 e. The lowest BCUT2D eigenvalue weighted by molar-refractivity contribution is 1.10. The van der Waals surface area contributed by atoms with Gasteiger partial charge in [0.05, 0.1) is 0 Å². The lowest BCUT2D eigenvalue weighted by atomic mass is 9.84. The first-order valence-electron chi connectivity index (χ1n) is 14.2. The highest BCUT2D eigenvalue weighted by molar-refractivity contribution is 6.23. The average molecular weight is 515 g/mol. The first kappa shape index (κ1) is 25.6. The van der Waals surface area contributed by atoms with Crippen LogP contribution < -0.4 is 0 Å². The molecule has 0 fully saturated rings. The van der Waals surface area contributed by atoms with Gasteiger partial charge in [-0.05, 0) is 92.0 Å². The molecular formula is C40H34. The van der Waals surface area contributed by atoms with Crippen LogP contribution in [-0.4, -0.2) is 0 Å². The topological polar surface area (TPSA) is 0 Å². The Bertz CT molecular complexity index is 1880. The lowest BCUT2D eigenvalue weighted by Gasteiger charge is -2.19. The van der Waals surface area contributed by atoms with Crippen LogP contribution in [0.3, 0.4) is 0 Å². The van der Waals surface area contributed by atoms with E-state index in [4.69, 9.17) is 0 Å². The number of fused-ring (bicyclic) bond motifs is 3. The number of hydrogen-bond acceptors (Lipinski definition) is 0. The van der Waals surface area contributed by atoms with Crippen LogP contribution >= 0.6 is 0 Å². The van der Waals surface area contributed by atoms with Crippen molar-refractivity contribution in [1.82, 2.24) is 0 Å². The third-order valence-corrected chi connectivity index (χ3v) is 7.90. The molecule has 6 aromatic carbocycles. The summed E-state index contributed by atoms with van der Waals surface area (Å²) < 4.78 is 0. The van der Waals surface area contributed by atoms with Gasteiger partial charge in [-0.25, -0.2) is 0 Å². The highest BCUT2D eigenvalue weighted by Gasteiger charge is 2.18. The number of hydrogen-bond donors (Lipinski definition) is 0. The second kappa shape index (κ2) is 11.2. The zero-order valence-electron chi connectivity index (χ0n) is 23.5. The molecule has 0 heteroatoms. The molecule has 0 N–H and O–H groups in total. The molecule has 0 atom stereocenters. The minimum Gasteiger partial charge on any atom is -0.0876 e. The highest BCUT2D eigenvalue weighted by Crippen LogP contribution is 2.45. The van der Waals surface area contributed by atoms with E-state index in [2.05, 4.69) is 160 Å². The van der Waals surface area contributed by atoms with Crippen molar-refractivity contribution in [1.29, 1.82) is 0 Å². The SMILES string of the molecule is C/C=C\C=C(/C=C(C)CC)c1cccc(-c2c3ccccc3c(-c3cccc4ccccc34)c3ccccc23)c1. The van der Waals surface area contributed by atoms with Crippen LogP contribution in [-0.2, 0) is 0 Å². The molecule has 0 bridgehead atoms. The van der Waals surface area contributed by atoms with E-state index in [9.17, 15) is 0 Å². The van der Waals surface area contributed by atoms with Crippen molar-refractivity contribution in [3.05, 3.63) is 151 Å². The number of benzene rings is 6. The molecule has 0 spiro atoms. The number of rotatable bonds is 6. The van der Waals surface area contributed by atoms with Gasteiger partial charge in [-0.2, -0.15) is 0 Å². The van der Waals surface area contributed by atoms with Gasteiger partial charge in [0, 0.05) is 0 Å². The fourth-order valence-electron chi connectivity index (χ4n) is 5.82. The summed E-state index contributed by atoms with van der Waals surface area (Å²) in [5, 5.41) is 7.67. The molecule has 0 saturated heterocycles. The van der Waals surface area contributed by atoms with Crippen molar-refractivity contribution >= 4 is 37.9 Å². The van der Waals surface area contributed by atoms with Crippen molar-refractivity contribution < 1.29 is 0 Å². The molecule has 0 amide bonds. The van der Waals surface area contributed by atoms with Crippen molar-refractivity contribution in [3.8, 4) is 22.3 Å². The molecule has 0 aromatic heterocycles. The molecule has 0 unspecified atom stereocenters. The maximum atomic E-state index is 2.36. The Labute approximate surface area is 237 Å². The van der Waals surface area contributed by atoms with Gasteiger partial charge in [0.25, 0.3) is 0 Å². The first-order chi connectivity index (χ1) is 19.7. The molecule has 0 aliphatic rings. The van der Waals surface area contributed by atoms with Gasteiger partial charge >= 0.3 is 0 Å². The quantitative estimate of drug-likeness (QED) is 0.153. The maximum Gasteiger partial charge on any atom is -0.00201 e. The second-order valence-corrected chi connectivity index (χ2v) is 10.4. The van der Waals surface area contributed by atoms with Gasteiger partial charge in [0.1, 0.15) is 0 Å². The largest absolute Gasteiger partial charge is 0.0876 e. The third kappa shape index (κ3) is 4.67. The summed E-state index contributed by atoms with van der Waals surface area (Å²) in [6.07, 6.45) is 9.80. The molecule has 0 heterocycles. The molecule has 0 aliphatic carbocycles. The number of allylic oxidation sites excluding steroid dienone is 6. The van der Waals surface area contributed by atoms with E-state index < -0.39 is 0 Å². The zero-order valence-corrected chi connectivity index (χ0v) is 23.5. The van der Waals surface area contributed by atoms with Gasteiger partial charge in [-0.15, -0.1) is 0 Å². The molecule has 0 saturated carbocycles. The fraction of sp³-hybridized carbons (Fsp3) is 0.100. The molecule has 0 aliphatic heterocycles. The molecule has 194 valence electrons. The Morgan fingerprint density at radius 1 is 0.625 bits per heavy atom. The van der Waals surface area contributed by atoms with Crippen LogP contribution in [0, 0.1) is 0 Å². The minimum absolute atomic E-state index is 1.04. The summed E-state index contributed by atoms with van der Waals surface area (Å²) >= 11 is 0. The van der Waals surface area contributed by atoms with Crippen LogP contribution in [0.25, 0.3) is 60.1 Å². The van der Waals surface area contributed by atoms with Gasteiger partial charge in [-0.1, -0.05) is 146 Å². The Kier molecular flexibility index (Phi) is 7.17. The molecular weight excluding hydrogens is 480 g/mol. The standard InChI is InChI=1S/C40H34/c1-4-6-15-30(26-28(3)5-2)31-18-13-19-32(27-31)39-35-21-9-11-23-37(35)40(38-24-12-10-22-36(38)39)34-25-14-17-29-16-7-8-20-33(29)34/h4,6-27H,5H2,1-3H3/b6-4-,28-26?,30-15+. The Morgan fingerprint density at radius 2 is 1.20 bits per heavy atom. The van der Waals surface area contributed by atoms with Gasteiger partial charge < -0.3 is 0 Å². The zero-order chi connectivity index (χ0) is 27.5. The second-order valence-electron chi connectivity index (χ2n) is 10.4. The molecule has 40 heavy (non-hydrogen) atoms. The summed E-state index contributed by atoms with van der Waals surface area (Å²) in [7, 11) is 0. The van der Waals surface area contributed by atoms with Crippen LogP contribution in [0.15, 0.2) is 145 Å². The predicted octanol–water partition coefficient (Wildman–Crippen LogP) is 11.8. The van der Waals surface area contributed by atoms with Crippen LogP contribution in [0.1, 0.15) is 32.8 Å². The Balaban J connectivity index is 1.67. The third-order valence-electron chi connectivity index (χ3n) is 7.90. The Hall–Kier alpha value is -4.68. The summed E-state index contributed by atoms with van der Waals surface area (Å²) in [4.78, 5) is 0. The van der Waals surface area contributed by atoms with E-state index >= 15 is 0 Å². The van der Waals surface area contributed by atoms with E-state index in [0.717, 1.165) is 6.42 Å². The van der Waals surface area contributed by atoms with E-state index in [-0.39, 0.29) is 0 Å². The summed E-state index contributed by atoms with van der Waals surface area (Å²) in [5.41, 5.74) is 8.95. The minimum atomic E-state index is 1.04. The normalized spacial score (nSPS) is 12.7. The average Bonchev–Trinajstić information content (AvgIpc) is 3.01. The van der Waals surface area contributed by atoms with Gasteiger partial charge in [0.15, 0.2) is 0 Å².